The van der Waals surface area contributed by atoms with Gasteiger partial charge in [-0.2, -0.15) is 0 Å². The highest BCUT2D eigenvalue weighted by molar-refractivity contribution is 5.88. The Bertz CT molecular complexity index is 887. The van der Waals surface area contributed by atoms with Crippen LogP contribution in [-0.2, 0) is 21.5 Å². The highest BCUT2D eigenvalue weighted by atomic mass is 19.1. The van der Waals surface area contributed by atoms with Crippen LogP contribution in [0.15, 0.2) is 42.5 Å². The Morgan fingerprint density at radius 3 is 2.58 bits per heavy atom. The van der Waals surface area contributed by atoms with Crippen molar-refractivity contribution in [2.75, 3.05) is 20.3 Å². The Morgan fingerprint density at radius 1 is 1.13 bits per heavy atom. The van der Waals surface area contributed by atoms with Gasteiger partial charge >= 0.3 is 0 Å². The summed E-state index contributed by atoms with van der Waals surface area (Å²) in [5, 5.41) is 3.09. The van der Waals surface area contributed by atoms with Crippen LogP contribution in [0.1, 0.15) is 49.7 Å². The SMILES string of the molecule is COc1cc(CNC(=O)C2(c3ccc(F)cc3)CCCC2)ccc1OCC1CCCO1. The maximum absolute atomic E-state index is 13.4. The van der Waals surface area contributed by atoms with Gasteiger partial charge in [0, 0.05) is 13.2 Å². The van der Waals surface area contributed by atoms with Gasteiger partial charge in [0.05, 0.1) is 18.6 Å². The minimum atomic E-state index is -0.581. The zero-order chi connectivity index (χ0) is 21.7. The average molecular weight is 428 g/mol. The van der Waals surface area contributed by atoms with E-state index >= 15 is 0 Å². The van der Waals surface area contributed by atoms with Crippen LogP contribution in [0, 0.1) is 5.82 Å². The molecule has 2 aliphatic rings. The Hall–Kier alpha value is -2.60. The first-order chi connectivity index (χ1) is 15.1. The maximum Gasteiger partial charge on any atom is 0.230 e. The first-order valence-electron chi connectivity index (χ1n) is 11.1. The number of methoxy groups -OCH3 is 1. The van der Waals surface area contributed by atoms with E-state index in [0.717, 1.165) is 56.3 Å². The number of benzene rings is 2. The van der Waals surface area contributed by atoms with Crippen molar-refractivity contribution in [1.29, 1.82) is 0 Å². The minimum absolute atomic E-state index is 0.00529. The molecule has 5 nitrogen and oxygen atoms in total. The highest BCUT2D eigenvalue weighted by Gasteiger charge is 2.42. The van der Waals surface area contributed by atoms with Crippen LogP contribution in [-0.4, -0.2) is 32.3 Å². The van der Waals surface area contributed by atoms with Gasteiger partial charge in [0.2, 0.25) is 5.91 Å². The van der Waals surface area contributed by atoms with E-state index in [9.17, 15) is 9.18 Å². The van der Waals surface area contributed by atoms with E-state index in [1.165, 1.54) is 12.1 Å². The summed E-state index contributed by atoms with van der Waals surface area (Å²) in [5.74, 6) is 1.02. The number of rotatable bonds is 8. The van der Waals surface area contributed by atoms with Gasteiger partial charge in [0.25, 0.3) is 0 Å². The molecule has 1 aliphatic carbocycles. The van der Waals surface area contributed by atoms with E-state index in [2.05, 4.69) is 5.32 Å². The second-order valence-corrected chi connectivity index (χ2v) is 8.41. The predicted molar refractivity (Wildman–Crippen MR) is 116 cm³/mol. The number of hydrogen-bond donors (Lipinski definition) is 1. The molecule has 1 saturated carbocycles. The summed E-state index contributed by atoms with van der Waals surface area (Å²) < 4.78 is 30.4. The molecule has 0 aromatic heterocycles. The van der Waals surface area contributed by atoms with E-state index in [1.807, 2.05) is 18.2 Å². The molecular weight excluding hydrogens is 397 g/mol. The number of carbonyl (C=O) groups excluding carboxylic acids is 1. The van der Waals surface area contributed by atoms with Crippen LogP contribution >= 0.6 is 0 Å². The maximum atomic E-state index is 13.4. The van der Waals surface area contributed by atoms with Gasteiger partial charge in [-0.1, -0.05) is 31.0 Å². The van der Waals surface area contributed by atoms with Gasteiger partial charge in [-0.25, -0.2) is 4.39 Å². The van der Waals surface area contributed by atoms with E-state index in [1.54, 1.807) is 19.2 Å². The van der Waals surface area contributed by atoms with Crippen molar-refractivity contribution < 1.29 is 23.4 Å². The molecule has 1 aliphatic heterocycles. The molecule has 1 amide bonds. The molecule has 0 spiro atoms. The third-order valence-electron chi connectivity index (χ3n) is 6.42. The molecule has 1 heterocycles. The molecule has 166 valence electrons. The van der Waals surface area contributed by atoms with Crippen LogP contribution in [0.5, 0.6) is 11.5 Å². The van der Waals surface area contributed by atoms with Crippen LogP contribution < -0.4 is 14.8 Å². The van der Waals surface area contributed by atoms with Gasteiger partial charge in [-0.3, -0.25) is 4.79 Å². The minimum Gasteiger partial charge on any atom is -0.493 e. The number of ether oxygens (including phenoxy) is 3. The molecule has 2 fully saturated rings. The quantitative estimate of drug-likeness (QED) is 0.673. The molecule has 1 atom stereocenters. The predicted octanol–water partition coefficient (Wildman–Crippen LogP) is 4.52. The molecule has 0 bridgehead atoms. The molecular formula is C25H30FNO4. The summed E-state index contributed by atoms with van der Waals surface area (Å²) >= 11 is 0. The molecule has 2 aromatic rings. The average Bonchev–Trinajstić information content (AvgIpc) is 3.49. The lowest BCUT2D eigenvalue weighted by Gasteiger charge is -2.28. The number of carbonyl (C=O) groups is 1. The van der Waals surface area contributed by atoms with Gasteiger partial charge < -0.3 is 19.5 Å². The largest absolute Gasteiger partial charge is 0.493 e. The summed E-state index contributed by atoms with van der Waals surface area (Å²) in [4.78, 5) is 13.2. The number of halogens is 1. The number of hydrogen-bond acceptors (Lipinski definition) is 4. The molecule has 1 saturated heterocycles. The third-order valence-corrected chi connectivity index (χ3v) is 6.42. The van der Waals surface area contributed by atoms with Crippen LogP contribution in [0.3, 0.4) is 0 Å². The molecule has 6 heteroatoms. The van der Waals surface area contributed by atoms with Crippen molar-refractivity contribution in [3.63, 3.8) is 0 Å². The summed E-state index contributed by atoms with van der Waals surface area (Å²) in [6.45, 7) is 1.69. The lowest BCUT2D eigenvalue weighted by molar-refractivity contribution is -0.126. The van der Waals surface area contributed by atoms with Crippen LogP contribution in [0.4, 0.5) is 4.39 Å². The summed E-state index contributed by atoms with van der Waals surface area (Å²) in [5.41, 5.74) is 1.24. The lowest BCUT2D eigenvalue weighted by atomic mass is 9.78. The van der Waals surface area contributed by atoms with Crippen molar-refractivity contribution in [1.82, 2.24) is 5.32 Å². The Balaban J connectivity index is 1.41. The number of nitrogens with one attached hydrogen (secondary N) is 1. The fraction of sp³-hybridized carbons (Fsp3) is 0.480. The van der Waals surface area contributed by atoms with Gasteiger partial charge in [-0.05, 0) is 61.1 Å². The second-order valence-electron chi connectivity index (χ2n) is 8.41. The zero-order valence-corrected chi connectivity index (χ0v) is 18.0. The standard InChI is InChI=1S/C25H30FNO4/c1-29-23-15-18(6-11-22(23)31-17-21-5-4-14-30-21)16-27-24(28)25(12-2-3-13-25)19-7-9-20(26)10-8-19/h6-11,15,21H,2-5,12-14,16-17H2,1H3,(H,27,28). The summed E-state index contributed by atoms with van der Waals surface area (Å²) in [6.07, 6.45) is 5.78. The third kappa shape index (κ3) is 4.85. The van der Waals surface area contributed by atoms with Gasteiger partial charge in [-0.15, -0.1) is 0 Å². The fourth-order valence-corrected chi connectivity index (χ4v) is 4.65. The van der Waals surface area contributed by atoms with E-state index < -0.39 is 5.41 Å². The fourth-order valence-electron chi connectivity index (χ4n) is 4.65. The van der Waals surface area contributed by atoms with Crippen molar-refractivity contribution in [3.05, 3.63) is 59.4 Å². The highest BCUT2D eigenvalue weighted by Crippen LogP contribution is 2.41. The normalized spacial score (nSPS) is 19.9. The Kier molecular flexibility index (Phi) is 6.76. The van der Waals surface area contributed by atoms with Crippen molar-refractivity contribution >= 4 is 5.91 Å². The second kappa shape index (κ2) is 9.69. The van der Waals surface area contributed by atoms with Crippen LogP contribution in [0.2, 0.25) is 0 Å². The van der Waals surface area contributed by atoms with E-state index in [-0.39, 0.29) is 17.8 Å². The van der Waals surface area contributed by atoms with Crippen LogP contribution in [0.25, 0.3) is 0 Å². The van der Waals surface area contributed by atoms with Crippen molar-refractivity contribution in [2.45, 2.75) is 56.6 Å². The molecule has 2 aromatic carbocycles. The molecule has 1 unspecified atom stereocenters. The van der Waals surface area contributed by atoms with E-state index in [4.69, 9.17) is 14.2 Å². The van der Waals surface area contributed by atoms with Crippen molar-refractivity contribution in [2.24, 2.45) is 0 Å². The first kappa shape index (κ1) is 21.6. The first-order valence-corrected chi connectivity index (χ1v) is 11.1. The Morgan fingerprint density at radius 2 is 1.90 bits per heavy atom. The number of amides is 1. The lowest BCUT2D eigenvalue weighted by Crippen LogP contribution is -2.42. The molecule has 4 rings (SSSR count). The summed E-state index contributed by atoms with van der Waals surface area (Å²) in [6, 6.07) is 12.1. The topological polar surface area (TPSA) is 56.8 Å². The molecule has 1 N–H and O–H groups in total. The molecule has 31 heavy (non-hydrogen) atoms. The van der Waals surface area contributed by atoms with Gasteiger partial charge in [0.1, 0.15) is 12.4 Å². The smallest absolute Gasteiger partial charge is 0.230 e. The summed E-state index contributed by atoms with van der Waals surface area (Å²) in [7, 11) is 1.61. The van der Waals surface area contributed by atoms with Crippen molar-refractivity contribution in [3.8, 4) is 11.5 Å². The Labute approximate surface area is 182 Å². The molecule has 0 radical (unpaired) electrons. The van der Waals surface area contributed by atoms with Gasteiger partial charge in [0.15, 0.2) is 11.5 Å². The zero-order valence-electron chi connectivity index (χ0n) is 18.0. The van der Waals surface area contributed by atoms with E-state index in [0.29, 0.717) is 24.7 Å². The monoisotopic (exact) mass is 427 g/mol.